The Morgan fingerprint density at radius 3 is 2.46 bits per heavy atom. The van der Waals surface area contributed by atoms with E-state index >= 15 is 0 Å². The molecule has 1 amide bonds. The molecule has 6 heteroatoms. The number of aryl methyl sites for hydroxylation is 1. The average molecular weight is 348 g/mol. The SMILES string of the molecule is Cc1ccc(C(=O)CCC(=O)Nc2ccn(Cc3ccncc3)n2)cc1. The highest BCUT2D eigenvalue weighted by atomic mass is 16.2. The molecular weight excluding hydrogens is 328 g/mol. The number of Topliss-reactive ketones (excluding diaryl/α,β-unsaturated/α-hetero) is 1. The van der Waals surface area contributed by atoms with Gasteiger partial charge in [0.1, 0.15) is 0 Å². The number of nitrogens with zero attached hydrogens (tertiary/aromatic N) is 3. The summed E-state index contributed by atoms with van der Waals surface area (Å²) < 4.78 is 1.74. The van der Waals surface area contributed by atoms with E-state index in [2.05, 4.69) is 15.4 Å². The lowest BCUT2D eigenvalue weighted by molar-refractivity contribution is -0.116. The maximum Gasteiger partial charge on any atom is 0.226 e. The fourth-order valence-electron chi connectivity index (χ4n) is 2.51. The summed E-state index contributed by atoms with van der Waals surface area (Å²) in [5.74, 6) is 0.217. The van der Waals surface area contributed by atoms with Gasteiger partial charge in [0.15, 0.2) is 11.6 Å². The van der Waals surface area contributed by atoms with Crippen LogP contribution in [0.1, 0.15) is 34.3 Å². The summed E-state index contributed by atoms with van der Waals surface area (Å²) in [5.41, 5.74) is 2.80. The smallest absolute Gasteiger partial charge is 0.226 e. The van der Waals surface area contributed by atoms with E-state index in [1.54, 1.807) is 41.5 Å². The second-order valence-electron chi connectivity index (χ2n) is 6.09. The zero-order valence-electron chi connectivity index (χ0n) is 14.6. The Bertz CT molecular complexity index is 886. The van der Waals surface area contributed by atoms with Crippen LogP contribution in [0, 0.1) is 6.92 Å². The van der Waals surface area contributed by atoms with E-state index in [0.29, 0.717) is 17.9 Å². The Balaban J connectivity index is 1.49. The number of ketones is 1. The summed E-state index contributed by atoms with van der Waals surface area (Å²) in [5, 5.41) is 7.05. The minimum atomic E-state index is -0.223. The van der Waals surface area contributed by atoms with E-state index in [1.807, 2.05) is 31.2 Å². The van der Waals surface area contributed by atoms with E-state index in [1.165, 1.54) is 0 Å². The van der Waals surface area contributed by atoms with Crippen LogP contribution in [-0.2, 0) is 11.3 Å². The Morgan fingerprint density at radius 1 is 1.00 bits per heavy atom. The van der Waals surface area contributed by atoms with Gasteiger partial charge >= 0.3 is 0 Å². The van der Waals surface area contributed by atoms with Gasteiger partial charge in [-0.15, -0.1) is 0 Å². The first-order chi connectivity index (χ1) is 12.6. The van der Waals surface area contributed by atoms with Gasteiger partial charge in [-0.1, -0.05) is 29.8 Å². The zero-order valence-corrected chi connectivity index (χ0v) is 14.6. The van der Waals surface area contributed by atoms with Gasteiger partial charge in [-0.25, -0.2) is 0 Å². The minimum Gasteiger partial charge on any atom is -0.309 e. The summed E-state index contributed by atoms with van der Waals surface area (Å²) in [4.78, 5) is 28.1. The van der Waals surface area contributed by atoms with Gasteiger partial charge < -0.3 is 5.32 Å². The van der Waals surface area contributed by atoms with Crippen molar-refractivity contribution in [2.24, 2.45) is 0 Å². The summed E-state index contributed by atoms with van der Waals surface area (Å²) in [6, 6.07) is 12.9. The van der Waals surface area contributed by atoms with E-state index in [4.69, 9.17) is 0 Å². The molecule has 2 aromatic heterocycles. The summed E-state index contributed by atoms with van der Waals surface area (Å²) in [6.07, 6.45) is 5.56. The van der Waals surface area contributed by atoms with Crippen LogP contribution in [-0.4, -0.2) is 26.5 Å². The van der Waals surface area contributed by atoms with Crippen molar-refractivity contribution >= 4 is 17.5 Å². The number of carbonyl (C=O) groups excluding carboxylic acids is 2. The van der Waals surface area contributed by atoms with Crippen LogP contribution in [0.2, 0.25) is 0 Å². The van der Waals surface area contributed by atoms with Gasteiger partial charge in [0, 0.05) is 43.1 Å². The molecule has 0 aliphatic carbocycles. The van der Waals surface area contributed by atoms with Crippen LogP contribution in [0.5, 0.6) is 0 Å². The molecule has 0 atom stereocenters. The number of hydrogen-bond donors (Lipinski definition) is 1. The normalized spacial score (nSPS) is 10.5. The van der Waals surface area contributed by atoms with Gasteiger partial charge in [-0.3, -0.25) is 19.3 Å². The molecule has 132 valence electrons. The second-order valence-corrected chi connectivity index (χ2v) is 6.09. The van der Waals surface area contributed by atoms with Crippen molar-refractivity contribution in [1.29, 1.82) is 0 Å². The Kier molecular flexibility index (Phi) is 5.53. The minimum absolute atomic E-state index is 0.0385. The summed E-state index contributed by atoms with van der Waals surface area (Å²) in [6.45, 7) is 2.57. The molecule has 3 aromatic rings. The monoisotopic (exact) mass is 348 g/mol. The Hall–Kier alpha value is -3.28. The molecule has 0 saturated carbocycles. The van der Waals surface area contributed by atoms with Crippen LogP contribution in [0.3, 0.4) is 0 Å². The molecule has 0 saturated heterocycles. The van der Waals surface area contributed by atoms with Gasteiger partial charge in [0.05, 0.1) is 6.54 Å². The molecule has 26 heavy (non-hydrogen) atoms. The van der Waals surface area contributed by atoms with E-state index < -0.39 is 0 Å². The topological polar surface area (TPSA) is 76.9 Å². The number of hydrogen-bond acceptors (Lipinski definition) is 4. The van der Waals surface area contributed by atoms with Gasteiger partial charge in [-0.05, 0) is 24.6 Å². The summed E-state index contributed by atoms with van der Waals surface area (Å²) >= 11 is 0. The molecule has 0 aliphatic heterocycles. The molecule has 1 N–H and O–H groups in total. The molecule has 0 fully saturated rings. The number of rotatable bonds is 7. The lowest BCUT2D eigenvalue weighted by Crippen LogP contribution is -2.14. The fourth-order valence-corrected chi connectivity index (χ4v) is 2.51. The molecule has 2 heterocycles. The van der Waals surface area contributed by atoms with Crippen LogP contribution < -0.4 is 5.32 Å². The largest absolute Gasteiger partial charge is 0.309 e. The average Bonchev–Trinajstić information content (AvgIpc) is 3.08. The van der Waals surface area contributed by atoms with Crippen LogP contribution >= 0.6 is 0 Å². The lowest BCUT2D eigenvalue weighted by atomic mass is 10.1. The lowest BCUT2D eigenvalue weighted by Gasteiger charge is -2.04. The zero-order chi connectivity index (χ0) is 18.4. The number of aromatic nitrogens is 3. The molecule has 0 aliphatic rings. The van der Waals surface area contributed by atoms with Crippen molar-refractivity contribution in [3.8, 4) is 0 Å². The highest BCUT2D eigenvalue weighted by Crippen LogP contribution is 2.10. The number of pyridine rings is 1. The van der Waals surface area contributed by atoms with Crippen LogP contribution in [0.4, 0.5) is 5.82 Å². The first-order valence-corrected chi connectivity index (χ1v) is 8.42. The van der Waals surface area contributed by atoms with Crippen molar-refractivity contribution in [3.63, 3.8) is 0 Å². The molecule has 3 rings (SSSR count). The maximum absolute atomic E-state index is 12.1. The molecular formula is C20H20N4O2. The predicted octanol–water partition coefficient (Wildman–Crippen LogP) is 3.24. The van der Waals surface area contributed by atoms with E-state index in [-0.39, 0.29) is 24.5 Å². The second kappa shape index (κ2) is 8.20. The van der Waals surface area contributed by atoms with E-state index in [0.717, 1.165) is 11.1 Å². The third kappa shape index (κ3) is 4.86. The number of anilines is 1. The highest BCUT2D eigenvalue weighted by molar-refractivity contribution is 5.99. The maximum atomic E-state index is 12.1. The predicted molar refractivity (Wildman–Crippen MR) is 98.9 cm³/mol. The first kappa shape index (κ1) is 17.5. The molecule has 0 spiro atoms. The van der Waals surface area contributed by atoms with Crippen molar-refractivity contribution < 1.29 is 9.59 Å². The number of benzene rings is 1. The van der Waals surface area contributed by atoms with Gasteiger partial charge in [0.25, 0.3) is 0 Å². The molecule has 0 radical (unpaired) electrons. The standard InChI is InChI=1S/C20H20N4O2/c1-15-2-4-17(5-3-15)18(25)6-7-20(26)22-19-10-13-24(23-19)14-16-8-11-21-12-9-16/h2-5,8-13H,6-7,14H2,1H3,(H,22,23,26). The third-order valence-electron chi connectivity index (χ3n) is 3.95. The number of carbonyl (C=O) groups is 2. The molecule has 0 bridgehead atoms. The van der Waals surface area contributed by atoms with Crippen molar-refractivity contribution in [2.75, 3.05) is 5.32 Å². The molecule has 0 unspecified atom stereocenters. The Morgan fingerprint density at radius 2 is 1.73 bits per heavy atom. The van der Waals surface area contributed by atoms with Gasteiger partial charge in [0.2, 0.25) is 5.91 Å². The van der Waals surface area contributed by atoms with Crippen molar-refractivity contribution in [1.82, 2.24) is 14.8 Å². The van der Waals surface area contributed by atoms with Crippen molar-refractivity contribution in [3.05, 3.63) is 77.7 Å². The molecule has 1 aromatic carbocycles. The fraction of sp³-hybridized carbons (Fsp3) is 0.200. The van der Waals surface area contributed by atoms with Crippen LogP contribution in [0.15, 0.2) is 61.1 Å². The Labute approximate surface area is 151 Å². The van der Waals surface area contributed by atoms with Crippen LogP contribution in [0.25, 0.3) is 0 Å². The quantitative estimate of drug-likeness (QED) is 0.665. The highest BCUT2D eigenvalue weighted by Gasteiger charge is 2.10. The van der Waals surface area contributed by atoms with E-state index in [9.17, 15) is 9.59 Å². The summed E-state index contributed by atoms with van der Waals surface area (Å²) in [7, 11) is 0. The molecule has 6 nitrogen and oxygen atoms in total. The van der Waals surface area contributed by atoms with Gasteiger partial charge in [-0.2, -0.15) is 5.10 Å². The number of nitrogens with one attached hydrogen (secondary N) is 1. The first-order valence-electron chi connectivity index (χ1n) is 8.42. The number of amides is 1. The third-order valence-corrected chi connectivity index (χ3v) is 3.95. The van der Waals surface area contributed by atoms with Crippen molar-refractivity contribution in [2.45, 2.75) is 26.3 Å².